The highest BCUT2D eigenvalue weighted by Crippen LogP contribution is 2.25. The molecule has 0 saturated carbocycles. The summed E-state index contributed by atoms with van der Waals surface area (Å²) in [5.74, 6) is 1.39. The van der Waals surface area contributed by atoms with Gasteiger partial charge in [-0.2, -0.15) is 0 Å². The standard InChI is InChI=1S/C28H28N4O3/c1-34-24-8-3-7-23(16-24)31-27-26(9-4-11-30-27)28(33)32-13-14-35-19-20(18-32)15-21-5-2-6-22-17-29-12-10-25(21)22/h2-12,16-17,20H,13-15,18-19H2,1H3,(H,30,31)/t20-/m1/s1. The van der Waals surface area contributed by atoms with E-state index >= 15 is 0 Å². The topological polar surface area (TPSA) is 76.6 Å². The van der Waals surface area contributed by atoms with E-state index in [0.29, 0.717) is 37.7 Å². The second-order valence-electron chi connectivity index (χ2n) is 8.67. The van der Waals surface area contributed by atoms with Crippen LogP contribution >= 0.6 is 0 Å². The minimum atomic E-state index is -0.0545. The molecule has 1 saturated heterocycles. The Labute approximate surface area is 204 Å². The van der Waals surface area contributed by atoms with Crippen molar-refractivity contribution in [1.29, 1.82) is 0 Å². The van der Waals surface area contributed by atoms with E-state index in [1.807, 2.05) is 47.6 Å². The molecule has 35 heavy (non-hydrogen) atoms. The lowest BCUT2D eigenvalue weighted by Crippen LogP contribution is -2.36. The lowest BCUT2D eigenvalue weighted by atomic mass is 9.95. The second-order valence-corrected chi connectivity index (χ2v) is 8.67. The largest absolute Gasteiger partial charge is 0.497 e. The molecule has 1 aliphatic rings. The quantitative estimate of drug-likeness (QED) is 0.442. The molecule has 7 heteroatoms. The highest BCUT2D eigenvalue weighted by molar-refractivity contribution is 5.99. The van der Waals surface area contributed by atoms with Gasteiger partial charge in [0.1, 0.15) is 11.6 Å². The SMILES string of the molecule is COc1cccc(Nc2ncccc2C(=O)N2CCOC[C@H](Cc3cccc4cnccc34)C2)c1. The van der Waals surface area contributed by atoms with Crippen molar-refractivity contribution in [3.8, 4) is 5.75 Å². The van der Waals surface area contributed by atoms with Crippen LogP contribution in [0.15, 0.2) is 79.3 Å². The first-order chi connectivity index (χ1) is 17.2. The summed E-state index contributed by atoms with van der Waals surface area (Å²) >= 11 is 0. The molecule has 1 atom stereocenters. The fourth-order valence-corrected chi connectivity index (χ4v) is 4.55. The van der Waals surface area contributed by atoms with Gasteiger partial charge < -0.3 is 19.7 Å². The van der Waals surface area contributed by atoms with E-state index in [1.165, 1.54) is 10.9 Å². The molecule has 3 heterocycles. The lowest BCUT2D eigenvalue weighted by Gasteiger charge is -2.25. The van der Waals surface area contributed by atoms with Crippen molar-refractivity contribution in [3.63, 3.8) is 0 Å². The number of anilines is 2. The number of hydrogen-bond donors (Lipinski definition) is 1. The summed E-state index contributed by atoms with van der Waals surface area (Å²) in [7, 11) is 1.63. The molecule has 1 amide bonds. The number of benzene rings is 2. The van der Waals surface area contributed by atoms with Gasteiger partial charge in [0.2, 0.25) is 0 Å². The molecule has 0 spiro atoms. The third-order valence-electron chi connectivity index (χ3n) is 6.28. The molecule has 1 aliphatic heterocycles. The van der Waals surface area contributed by atoms with Crippen molar-refractivity contribution >= 4 is 28.2 Å². The zero-order valence-corrected chi connectivity index (χ0v) is 19.7. The fourth-order valence-electron chi connectivity index (χ4n) is 4.55. The number of fused-ring (bicyclic) bond motifs is 1. The number of nitrogens with one attached hydrogen (secondary N) is 1. The minimum absolute atomic E-state index is 0.0545. The molecule has 5 rings (SSSR count). The van der Waals surface area contributed by atoms with Crippen molar-refractivity contribution < 1.29 is 14.3 Å². The van der Waals surface area contributed by atoms with E-state index in [4.69, 9.17) is 9.47 Å². The molecule has 1 N–H and O–H groups in total. The molecule has 178 valence electrons. The number of rotatable bonds is 6. The van der Waals surface area contributed by atoms with Crippen molar-refractivity contribution in [3.05, 3.63) is 90.4 Å². The monoisotopic (exact) mass is 468 g/mol. The normalized spacial score (nSPS) is 16.0. The first-order valence-corrected chi connectivity index (χ1v) is 11.8. The summed E-state index contributed by atoms with van der Waals surface area (Å²) in [4.78, 5) is 24.2. The maximum Gasteiger partial charge on any atom is 0.257 e. The van der Waals surface area contributed by atoms with E-state index < -0.39 is 0 Å². The Morgan fingerprint density at radius 3 is 2.97 bits per heavy atom. The highest BCUT2D eigenvalue weighted by Gasteiger charge is 2.26. The molecule has 0 aliphatic carbocycles. The summed E-state index contributed by atoms with van der Waals surface area (Å²) in [6.45, 7) is 2.30. The first kappa shape index (κ1) is 22.8. The van der Waals surface area contributed by atoms with Crippen LogP contribution in [0.4, 0.5) is 11.5 Å². The third kappa shape index (κ3) is 5.25. The molecule has 0 radical (unpaired) electrons. The number of ether oxygens (including phenoxy) is 2. The van der Waals surface area contributed by atoms with Gasteiger partial charge in [0.25, 0.3) is 5.91 Å². The van der Waals surface area contributed by atoms with Gasteiger partial charge in [-0.15, -0.1) is 0 Å². The second kappa shape index (κ2) is 10.5. The molecule has 4 aromatic rings. The lowest BCUT2D eigenvalue weighted by molar-refractivity contribution is 0.0738. The molecular formula is C28H28N4O3. The van der Waals surface area contributed by atoms with Crippen LogP contribution in [0.3, 0.4) is 0 Å². The molecule has 2 aromatic carbocycles. The maximum atomic E-state index is 13.7. The molecule has 0 unspecified atom stereocenters. The number of amides is 1. The molecular weight excluding hydrogens is 440 g/mol. The van der Waals surface area contributed by atoms with Crippen molar-refractivity contribution in [2.75, 3.05) is 38.7 Å². The maximum absolute atomic E-state index is 13.7. The Balaban J connectivity index is 1.35. The van der Waals surface area contributed by atoms with Crippen LogP contribution in [0.25, 0.3) is 10.8 Å². The van der Waals surface area contributed by atoms with Gasteiger partial charge in [0, 0.05) is 54.7 Å². The fraction of sp³-hybridized carbons (Fsp3) is 0.250. The minimum Gasteiger partial charge on any atom is -0.497 e. The van der Waals surface area contributed by atoms with Crippen LogP contribution in [-0.2, 0) is 11.2 Å². The number of carbonyl (C=O) groups is 1. The van der Waals surface area contributed by atoms with Crippen LogP contribution < -0.4 is 10.1 Å². The number of methoxy groups -OCH3 is 1. The third-order valence-corrected chi connectivity index (χ3v) is 6.28. The van der Waals surface area contributed by atoms with E-state index in [1.54, 1.807) is 19.4 Å². The van der Waals surface area contributed by atoms with E-state index in [9.17, 15) is 4.79 Å². The number of carbonyl (C=O) groups excluding carboxylic acids is 1. The van der Waals surface area contributed by atoms with Crippen molar-refractivity contribution in [2.24, 2.45) is 5.92 Å². The number of pyridine rings is 2. The van der Waals surface area contributed by atoms with Crippen LogP contribution in [0.1, 0.15) is 15.9 Å². The Kier molecular flexibility index (Phi) is 6.86. The Bertz CT molecular complexity index is 1320. The van der Waals surface area contributed by atoms with Gasteiger partial charge in [-0.25, -0.2) is 4.98 Å². The average molecular weight is 469 g/mol. The summed E-state index contributed by atoms with van der Waals surface area (Å²) in [5, 5.41) is 5.60. The van der Waals surface area contributed by atoms with Gasteiger partial charge in [-0.05, 0) is 47.7 Å². The first-order valence-electron chi connectivity index (χ1n) is 11.8. The Hall–Kier alpha value is -3.97. The van der Waals surface area contributed by atoms with Gasteiger partial charge in [-0.1, -0.05) is 24.3 Å². The smallest absolute Gasteiger partial charge is 0.257 e. The van der Waals surface area contributed by atoms with Crippen LogP contribution in [0, 0.1) is 5.92 Å². The van der Waals surface area contributed by atoms with E-state index in [2.05, 4.69) is 39.6 Å². The highest BCUT2D eigenvalue weighted by atomic mass is 16.5. The number of hydrogen-bond acceptors (Lipinski definition) is 6. The van der Waals surface area contributed by atoms with Gasteiger partial charge in [-0.3, -0.25) is 9.78 Å². The molecule has 0 bridgehead atoms. The van der Waals surface area contributed by atoms with E-state index in [0.717, 1.165) is 23.2 Å². The van der Waals surface area contributed by atoms with Crippen molar-refractivity contribution in [1.82, 2.24) is 14.9 Å². The Morgan fingerprint density at radius 1 is 1.14 bits per heavy atom. The molecule has 2 aromatic heterocycles. The van der Waals surface area contributed by atoms with Crippen LogP contribution in [0.2, 0.25) is 0 Å². The molecule has 1 fully saturated rings. The van der Waals surface area contributed by atoms with Crippen molar-refractivity contribution in [2.45, 2.75) is 6.42 Å². The number of aromatic nitrogens is 2. The zero-order valence-electron chi connectivity index (χ0n) is 19.7. The Morgan fingerprint density at radius 2 is 2.06 bits per heavy atom. The number of nitrogens with zero attached hydrogens (tertiary/aromatic N) is 3. The molecule has 7 nitrogen and oxygen atoms in total. The average Bonchev–Trinajstić information content (AvgIpc) is 3.14. The summed E-state index contributed by atoms with van der Waals surface area (Å²) in [6, 6.07) is 19.5. The zero-order chi connectivity index (χ0) is 24.0. The van der Waals surface area contributed by atoms with Gasteiger partial charge in [0.15, 0.2) is 0 Å². The summed E-state index contributed by atoms with van der Waals surface area (Å²) in [5.41, 5.74) is 2.58. The predicted molar refractivity (Wildman–Crippen MR) is 136 cm³/mol. The summed E-state index contributed by atoms with van der Waals surface area (Å²) in [6.07, 6.45) is 6.22. The van der Waals surface area contributed by atoms with E-state index in [-0.39, 0.29) is 11.8 Å². The predicted octanol–water partition coefficient (Wildman–Crippen LogP) is 4.71. The van der Waals surface area contributed by atoms with Gasteiger partial charge >= 0.3 is 0 Å². The van der Waals surface area contributed by atoms with Crippen LogP contribution in [0.5, 0.6) is 5.75 Å². The van der Waals surface area contributed by atoms with Gasteiger partial charge in [0.05, 0.1) is 25.9 Å². The summed E-state index contributed by atoms with van der Waals surface area (Å²) < 4.78 is 11.2. The van der Waals surface area contributed by atoms with Crippen LogP contribution in [-0.4, -0.2) is 54.2 Å².